The Labute approximate surface area is 195 Å². The van der Waals surface area contributed by atoms with Crippen LogP contribution in [0.1, 0.15) is 154 Å². The Hall–Kier alpha value is -0.780. The van der Waals surface area contributed by atoms with E-state index in [9.17, 15) is 0 Å². The molecule has 0 aliphatic heterocycles. The van der Waals surface area contributed by atoms with Crippen molar-refractivity contribution in [2.24, 2.45) is 5.92 Å². The first-order chi connectivity index (χ1) is 15.4. The number of hydrogen-bond donors (Lipinski definition) is 0. The van der Waals surface area contributed by atoms with Gasteiger partial charge in [0.25, 0.3) is 0 Å². The molecule has 0 unspecified atom stereocenters. The molecule has 0 nitrogen and oxygen atoms in total. The normalized spacial score (nSPS) is 25.4. The molecule has 0 aromatic heterocycles. The van der Waals surface area contributed by atoms with Crippen molar-refractivity contribution in [2.45, 2.75) is 154 Å². The summed E-state index contributed by atoms with van der Waals surface area (Å²) < 4.78 is 0. The van der Waals surface area contributed by atoms with E-state index in [0.29, 0.717) is 5.92 Å². The molecule has 0 heteroatoms. The summed E-state index contributed by atoms with van der Waals surface area (Å²) in [7, 11) is 0. The second-order valence-electron chi connectivity index (χ2n) is 10.8. The largest absolute Gasteiger partial charge is 0.0844 e. The molecule has 0 saturated carbocycles. The average Bonchev–Trinajstić information content (AvgIpc) is 2.81. The van der Waals surface area contributed by atoms with Gasteiger partial charge in [-0.25, -0.2) is 0 Å². The average molecular weight is 425 g/mol. The maximum Gasteiger partial charge on any atom is 0.0216 e. The van der Waals surface area contributed by atoms with Crippen LogP contribution in [0.25, 0.3) is 0 Å². The van der Waals surface area contributed by atoms with Gasteiger partial charge in [0.2, 0.25) is 0 Å². The maximum atomic E-state index is 2.73. The second kappa shape index (κ2) is 15.9. The van der Waals surface area contributed by atoms with Crippen LogP contribution in [0.5, 0.6) is 0 Å². The highest BCUT2D eigenvalue weighted by atomic mass is 14.3. The lowest BCUT2D eigenvalue weighted by atomic mass is 9.76. The van der Waals surface area contributed by atoms with E-state index < -0.39 is 0 Å². The first-order valence-corrected chi connectivity index (χ1v) is 14.5. The molecular weight excluding hydrogens is 372 g/mol. The molecule has 176 valence electrons. The quantitative estimate of drug-likeness (QED) is 0.395. The molecule has 0 radical (unpaired) electrons. The monoisotopic (exact) mass is 424 g/mol. The fraction of sp³-hybridized carbons (Fsp3) is 0.806. The van der Waals surface area contributed by atoms with Crippen LogP contribution >= 0.6 is 0 Å². The summed E-state index contributed by atoms with van der Waals surface area (Å²) in [5.74, 6) is 0.665. The van der Waals surface area contributed by atoms with E-state index in [0.717, 1.165) is 0 Å². The summed E-state index contributed by atoms with van der Waals surface area (Å²) in [5, 5.41) is 0. The summed E-state index contributed by atoms with van der Waals surface area (Å²) >= 11 is 0. The van der Waals surface area contributed by atoms with Crippen molar-refractivity contribution in [3.05, 3.63) is 34.9 Å². The van der Waals surface area contributed by atoms with Crippen LogP contribution in [0.4, 0.5) is 0 Å². The van der Waals surface area contributed by atoms with Crippen molar-refractivity contribution >= 4 is 0 Å². The van der Waals surface area contributed by atoms with Gasteiger partial charge in [-0.15, -0.1) is 0 Å². The van der Waals surface area contributed by atoms with Crippen LogP contribution in [-0.2, 0) is 0 Å². The minimum absolute atomic E-state index is 0.665. The molecule has 0 aromatic rings. The van der Waals surface area contributed by atoms with Gasteiger partial charge in [-0.05, 0) is 77.0 Å². The summed E-state index contributed by atoms with van der Waals surface area (Å²) in [6, 6.07) is 0. The lowest BCUT2D eigenvalue weighted by molar-refractivity contribution is 0.537. The predicted molar refractivity (Wildman–Crippen MR) is 139 cm³/mol. The third-order valence-corrected chi connectivity index (χ3v) is 8.09. The predicted octanol–water partition coefficient (Wildman–Crippen LogP) is 10.8. The summed E-state index contributed by atoms with van der Waals surface area (Å²) in [5.41, 5.74) is 5.48. The van der Waals surface area contributed by atoms with E-state index in [-0.39, 0.29) is 0 Å². The summed E-state index contributed by atoms with van der Waals surface area (Å²) in [4.78, 5) is 0. The first-order valence-electron chi connectivity index (χ1n) is 14.5. The molecule has 0 atom stereocenters. The molecule has 0 aromatic carbocycles. The summed E-state index contributed by atoms with van der Waals surface area (Å²) in [6.07, 6.45) is 42.2. The van der Waals surface area contributed by atoms with Gasteiger partial charge in [0.05, 0.1) is 0 Å². The minimum Gasteiger partial charge on any atom is -0.0844 e. The van der Waals surface area contributed by atoms with Crippen molar-refractivity contribution in [2.75, 3.05) is 0 Å². The molecule has 3 aliphatic rings. The Kier molecular flexibility index (Phi) is 12.8. The molecular formula is C31H52. The van der Waals surface area contributed by atoms with E-state index in [2.05, 4.69) is 18.2 Å². The first kappa shape index (κ1) is 24.9. The minimum atomic E-state index is 0.665. The fourth-order valence-corrected chi connectivity index (χ4v) is 6.21. The van der Waals surface area contributed by atoms with Gasteiger partial charge in [0, 0.05) is 5.92 Å². The van der Waals surface area contributed by atoms with Gasteiger partial charge < -0.3 is 0 Å². The van der Waals surface area contributed by atoms with E-state index in [4.69, 9.17) is 0 Å². The standard InChI is InChI=1S/C31H52/c1-4-10-16-22-28(23-17-11-5-1)31(29-24-18-12-6-2-7-13-19-25-29)30-26-20-14-8-3-9-15-21-27-30/h22,24,26,31H,1-21,23,25,27H2. The molecule has 0 heterocycles. The third-order valence-electron chi connectivity index (χ3n) is 8.09. The molecule has 0 spiro atoms. The Morgan fingerprint density at radius 1 is 0.323 bits per heavy atom. The molecule has 0 bridgehead atoms. The zero-order valence-corrected chi connectivity index (χ0v) is 20.8. The Morgan fingerprint density at radius 2 is 0.581 bits per heavy atom. The summed E-state index contributed by atoms with van der Waals surface area (Å²) in [6.45, 7) is 0. The Bertz CT molecular complexity index is 480. The zero-order valence-electron chi connectivity index (χ0n) is 20.8. The van der Waals surface area contributed by atoms with E-state index >= 15 is 0 Å². The van der Waals surface area contributed by atoms with Crippen molar-refractivity contribution in [1.29, 1.82) is 0 Å². The van der Waals surface area contributed by atoms with Crippen LogP contribution in [0.2, 0.25) is 0 Å². The van der Waals surface area contributed by atoms with Crippen LogP contribution in [-0.4, -0.2) is 0 Å². The highest BCUT2D eigenvalue weighted by Crippen LogP contribution is 2.39. The smallest absolute Gasteiger partial charge is 0.0216 e. The van der Waals surface area contributed by atoms with Crippen LogP contribution < -0.4 is 0 Å². The SMILES string of the molecule is C1=C(C(C2=CCCCCCCCC2)C2=CCCCCCCCC2)CCCCCCCC1. The lowest BCUT2D eigenvalue weighted by Gasteiger charge is -2.29. The van der Waals surface area contributed by atoms with E-state index in [1.807, 2.05) is 16.7 Å². The van der Waals surface area contributed by atoms with E-state index in [1.165, 1.54) is 154 Å². The highest BCUT2D eigenvalue weighted by molar-refractivity contribution is 5.34. The van der Waals surface area contributed by atoms with Crippen molar-refractivity contribution < 1.29 is 0 Å². The van der Waals surface area contributed by atoms with E-state index in [1.54, 1.807) is 0 Å². The second-order valence-corrected chi connectivity index (χ2v) is 10.8. The van der Waals surface area contributed by atoms with Crippen LogP contribution in [0.3, 0.4) is 0 Å². The molecule has 31 heavy (non-hydrogen) atoms. The van der Waals surface area contributed by atoms with Gasteiger partial charge in [-0.2, -0.15) is 0 Å². The van der Waals surface area contributed by atoms with Crippen LogP contribution in [0.15, 0.2) is 34.9 Å². The van der Waals surface area contributed by atoms with Gasteiger partial charge in [0.15, 0.2) is 0 Å². The lowest BCUT2D eigenvalue weighted by Crippen LogP contribution is -2.14. The van der Waals surface area contributed by atoms with Gasteiger partial charge >= 0.3 is 0 Å². The zero-order chi connectivity index (χ0) is 21.4. The van der Waals surface area contributed by atoms with Crippen molar-refractivity contribution in [3.63, 3.8) is 0 Å². The third kappa shape index (κ3) is 9.71. The number of hydrogen-bond acceptors (Lipinski definition) is 0. The molecule has 0 saturated heterocycles. The molecule has 3 aliphatic carbocycles. The van der Waals surface area contributed by atoms with Crippen molar-refractivity contribution in [1.82, 2.24) is 0 Å². The highest BCUT2D eigenvalue weighted by Gasteiger charge is 2.23. The number of rotatable bonds is 3. The topological polar surface area (TPSA) is 0 Å². The molecule has 0 fully saturated rings. The van der Waals surface area contributed by atoms with Gasteiger partial charge in [-0.1, -0.05) is 112 Å². The van der Waals surface area contributed by atoms with Crippen LogP contribution in [0, 0.1) is 5.92 Å². The maximum absolute atomic E-state index is 2.73. The molecule has 0 N–H and O–H groups in total. The Balaban J connectivity index is 1.88. The molecule has 3 rings (SSSR count). The molecule has 0 amide bonds. The Morgan fingerprint density at radius 3 is 0.903 bits per heavy atom. The number of allylic oxidation sites excluding steroid dienone is 6. The van der Waals surface area contributed by atoms with Gasteiger partial charge in [0.1, 0.15) is 0 Å². The van der Waals surface area contributed by atoms with Crippen molar-refractivity contribution in [3.8, 4) is 0 Å². The van der Waals surface area contributed by atoms with Gasteiger partial charge in [-0.3, -0.25) is 0 Å². The fourth-order valence-electron chi connectivity index (χ4n) is 6.21.